The molecule has 0 saturated heterocycles. The Morgan fingerprint density at radius 2 is 1.86 bits per heavy atom. The smallest absolute Gasteiger partial charge is 0.418 e. The van der Waals surface area contributed by atoms with E-state index in [-0.39, 0.29) is 23.6 Å². The van der Waals surface area contributed by atoms with E-state index in [2.05, 4.69) is 5.32 Å². The van der Waals surface area contributed by atoms with Crippen LogP contribution in [-0.2, 0) is 9.53 Å². The van der Waals surface area contributed by atoms with Crippen molar-refractivity contribution in [3.63, 3.8) is 0 Å². The van der Waals surface area contributed by atoms with Crippen molar-refractivity contribution < 1.29 is 27.8 Å². The van der Waals surface area contributed by atoms with Crippen LogP contribution in [0.1, 0.15) is 42.9 Å². The molecule has 0 aliphatic heterocycles. The van der Waals surface area contributed by atoms with Gasteiger partial charge >= 0.3 is 12.1 Å². The Kier molecular flexibility index (Phi) is 7.32. The summed E-state index contributed by atoms with van der Waals surface area (Å²) >= 11 is 5.86. The second-order valence-electron chi connectivity index (χ2n) is 6.34. The molecule has 2 aromatic rings. The van der Waals surface area contributed by atoms with Gasteiger partial charge in [-0.3, -0.25) is 4.79 Å². The minimum atomic E-state index is -4.60. The number of nitrogens with one attached hydrogen (secondary N) is 1. The van der Waals surface area contributed by atoms with E-state index < -0.39 is 18.2 Å². The van der Waals surface area contributed by atoms with Gasteiger partial charge in [-0.15, -0.1) is 0 Å². The Balaban J connectivity index is 2.51. The maximum atomic E-state index is 13.4. The molecule has 0 bridgehead atoms. The summed E-state index contributed by atoms with van der Waals surface area (Å²) in [7, 11) is 0.997. The van der Waals surface area contributed by atoms with Crippen LogP contribution in [0.25, 0.3) is 0 Å². The first-order valence-corrected chi connectivity index (χ1v) is 9.01. The SMILES string of the molecule is CC[C@@H](CC(=O)O)c1ccc([C@@H](OC)C(F)(F)F)c(Nc2ccc(Cl)cc2)c1. The van der Waals surface area contributed by atoms with Gasteiger partial charge in [0.25, 0.3) is 0 Å². The van der Waals surface area contributed by atoms with Crippen molar-refractivity contribution in [3.05, 3.63) is 58.6 Å². The molecule has 2 atom stereocenters. The van der Waals surface area contributed by atoms with E-state index >= 15 is 0 Å². The minimum Gasteiger partial charge on any atom is -0.481 e. The van der Waals surface area contributed by atoms with Gasteiger partial charge in [-0.25, -0.2) is 0 Å². The van der Waals surface area contributed by atoms with E-state index in [1.807, 2.05) is 6.92 Å². The van der Waals surface area contributed by atoms with Crippen molar-refractivity contribution in [2.75, 3.05) is 12.4 Å². The van der Waals surface area contributed by atoms with E-state index in [9.17, 15) is 18.0 Å². The van der Waals surface area contributed by atoms with E-state index in [0.29, 0.717) is 22.7 Å². The molecule has 28 heavy (non-hydrogen) atoms. The number of methoxy groups -OCH3 is 1. The van der Waals surface area contributed by atoms with Crippen LogP contribution in [0.4, 0.5) is 24.5 Å². The lowest BCUT2D eigenvalue weighted by Gasteiger charge is -2.24. The number of hydrogen-bond acceptors (Lipinski definition) is 3. The van der Waals surface area contributed by atoms with Crippen LogP contribution in [0.15, 0.2) is 42.5 Å². The van der Waals surface area contributed by atoms with Crippen molar-refractivity contribution in [2.24, 2.45) is 0 Å². The van der Waals surface area contributed by atoms with Crippen molar-refractivity contribution in [1.29, 1.82) is 0 Å². The van der Waals surface area contributed by atoms with Crippen molar-refractivity contribution in [2.45, 2.75) is 38.0 Å². The number of hydrogen-bond donors (Lipinski definition) is 2. The first-order valence-electron chi connectivity index (χ1n) is 8.63. The van der Waals surface area contributed by atoms with Crippen LogP contribution in [0.3, 0.4) is 0 Å². The van der Waals surface area contributed by atoms with Gasteiger partial charge in [0.05, 0.1) is 6.42 Å². The van der Waals surface area contributed by atoms with Crippen molar-refractivity contribution >= 4 is 28.9 Å². The molecule has 2 N–H and O–H groups in total. The van der Waals surface area contributed by atoms with Crippen LogP contribution in [-0.4, -0.2) is 24.4 Å². The van der Waals surface area contributed by atoms with E-state index in [4.69, 9.17) is 21.4 Å². The van der Waals surface area contributed by atoms with Crippen LogP contribution < -0.4 is 5.32 Å². The maximum absolute atomic E-state index is 13.4. The Labute approximate surface area is 166 Å². The third kappa shape index (κ3) is 5.62. The van der Waals surface area contributed by atoms with Crippen LogP contribution in [0.5, 0.6) is 0 Å². The monoisotopic (exact) mass is 415 g/mol. The summed E-state index contributed by atoms with van der Waals surface area (Å²) in [6.45, 7) is 1.83. The van der Waals surface area contributed by atoms with Gasteiger partial charge in [-0.1, -0.05) is 30.7 Å². The molecule has 0 heterocycles. The molecule has 0 fully saturated rings. The highest BCUT2D eigenvalue weighted by atomic mass is 35.5. The summed E-state index contributed by atoms with van der Waals surface area (Å²) < 4.78 is 45.0. The summed E-state index contributed by atoms with van der Waals surface area (Å²) in [6, 6.07) is 10.9. The largest absolute Gasteiger partial charge is 0.481 e. The standard InChI is InChI=1S/C20H21ClF3NO3/c1-3-12(11-18(26)27)13-4-9-16(19(28-2)20(22,23)24)17(10-13)25-15-7-5-14(21)6-8-15/h4-10,12,19,25H,3,11H2,1-2H3,(H,26,27)/t12-,19+/m0/s1. The van der Waals surface area contributed by atoms with Gasteiger partial charge in [0.1, 0.15) is 0 Å². The molecule has 0 saturated carbocycles. The topological polar surface area (TPSA) is 58.6 Å². The number of aliphatic carboxylic acids is 1. The number of carboxylic acid groups (broad SMARTS) is 1. The molecule has 0 aliphatic rings. The van der Waals surface area contributed by atoms with Gasteiger partial charge in [0.15, 0.2) is 6.10 Å². The number of carbonyl (C=O) groups is 1. The molecule has 0 aliphatic carbocycles. The third-order valence-corrected chi connectivity index (χ3v) is 4.65. The predicted octanol–water partition coefficient (Wildman–Crippen LogP) is 6.30. The Morgan fingerprint density at radius 3 is 2.36 bits per heavy atom. The Hall–Kier alpha value is -2.25. The number of alkyl halides is 3. The predicted molar refractivity (Wildman–Crippen MR) is 102 cm³/mol. The molecule has 2 rings (SSSR count). The Bertz CT molecular complexity index is 809. The maximum Gasteiger partial charge on any atom is 0.418 e. The third-order valence-electron chi connectivity index (χ3n) is 4.40. The van der Waals surface area contributed by atoms with Gasteiger partial charge in [-0.2, -0.15) is 13.2 Å². The number of anilines is 2. The normalized spacial score (nSPS) is 13.8. The minimum absolute atomic E-state index is 0.0844. The zero-order valence-corrected chi connectivity index (χ0v) is 16.1. The lowest BCUT2D eigenvalue weighted by molar-refractivity contribution is -0.215. The van der Waals surface area contributed by atoms with Crippen LogP contribution in [0.2, 0.25) is 5.02 Å². The zero-order valence-electron chi connectivity index (χ0n) is 15.4. The fourth-order valence-electron chi connectivity index (χ4n) is 3.00. The summed E-state index contributed by atoms with van der Waals surface area (Å²) in [5.41, 5.74) is 1.31. The lowest BCUT2D eigenvalue weighted by atomic mass is 9.91. The fraction of sp³-hybridized carbons (Fsp3) is 0.350. The number of carboxylic acids is 1. The molecule has 2 aromatic carbocycles. The number of benzene rings is 2. The quantitative estimate of drug-likeness (QED) is 0.531. The molecule has 0 aromatic heterocycles. The number of halogens is 4. The number of ether oxygens (including phenoxy) is 1. The van der Waals surface area contributed by atoms with Gasteiger partial charge in [-0.05, 0) is 48.2 Å². The van der Waals surface area contributed by atoms with Gasteiger partial charge < -0.3 is 15.2 Å². The van der Waals surface area contributed by atoms with E-state index in [1.54, 1.807) is 30.3 Å². The molecule has 152 valence electrons. The van der Waals surface area contributed by atoms with Crippen molar-refractivity contribution in [1.82, 2.24) is 0 Å². The second kappa shape index (κ2) is 9.30. The molecule has 4 nitrogen and oxygen atoms in total. The summed E-state index contributed by atoms with van der Waals surface area (Å²) in [5, 5.41) is 12.6. The summed E-state index contributed by atoms with van der Waals surface area (Å²) in [6.07, 6.45) is -6.28. The molecule has 8 heteroatoms. The lowest BCUT2D eigenvalue weighted by Crippen LogP contribution is -2.23. The molecular formula is C20H21ClF3NO3. The molecule has 0 amide bonds. The van der Waals surface area contributed by atoms with Crippen LogP contribution >= 0.6 is 11.6 Å². The number of rotatable bonds is 8. The fourth-order valence-corrected chi connectivity index (χ4v) is 3.13. The molecular weight excluding hydrogens is 395 g/mol. The highest BCUT2D eigenvalue weighted by molar-refractivity contribution is 6.30. The van der Waals surface area contributed by atoms with Crippen molar-refractivity contribution in [3.8, 4) is 0 Å². The Morgan fingerprint density at radius 1 is 1.21 bits per heavy atom. The van der Waals surface area contributed by atoms with Gasteiger partial charge in [0, 0.05) is 29.1 Å². The van der Waals surface area contributed by atoms with E-state index in [0.717, 1.165) is 7.11 Å². The van der Waals surface area contributed by atoms with Crippen LogP contribution in [0, 0.1) is 0 Å². The second-order valence-corrected chi connectivity index (χ2v) is 6.78. The van der Waals surface area contributed by atoms with Gasteiger partial charge in [0.2, 0.25) is 0 Å². The highest BCUT2D eigenvalue weighted by Gasteiger charge is 2.42. The molecule has 0 radical (unpaired) electrons. The average Bonchev–Trinajstić information content (AvgIpc) is 2.62. The molecule has 0 unspecified atom stereocenters. The summed E-state index contributed by atoms with van der Waals surface area (Å²) in [4.78, 5) is 11.1. The first-order chi connectivity index (χ1) is 13.2. The average molecular weight is 416 g/mol. The highest BCUT2D eigenvalue weighted by Crippen LogP contribution is 2.41. The molecule has 0 spiro atoms. The summed E-state index contributed by atoms with van der Waals surface area (Å²) in [5.74, 6) is -1.28. The zero-order chi connectivity index (χ0) is 20.9. The van der Waals surface area contributed by atoms with E-state index in [1.165, 1.54) is 12.1 Å². The first kappa shape index (κ1) is 22.0.